The molecule has 9 heteroatoms. The summed E-state index contributed by atoms with van der Waals surface area (Å²) in [6, 6.07) is 5.36. The van der Waals surface area contributed by atoms with Gasteiger partial charge in [-0.3, -0.25) is 19.9 Å². The number of nitrogens with zero attached hydrogens (tertiary/aromatic N) is 3. The number of carbonyl (C=O) groups is 1. The van der Waals surface area contributed by atoms with E-state index in [4.69, 9.17) is 4.74 Å². The summed E-state index contributed by atoms with van der Waals surface area (Å²) in [5.41, 5.74) is 1.65. The van der Waals surface area contributed by atoms with Crippen LogP contribution in [-0.4, -0.2) is 58.3 Å². The van der Waals surface area contributed by atoms with Crippen LogP contribution in [0.15, 0.2) is 23.2 Å². The molecule has 0 radical (unpaired) electrons. The van der Waals surface area contributed by atoms with Gasteiger partial charge in [0.05, 0.1) is 22.1 Å². The lowest BCUT2D eigenvalue weighted by molar-refractivity contribution is -0.383. The number of ether oxygens (including phenoxy) is 1. The highest BCUT2D eigenvalue weighted by Crippen LogP contribution is 2.31. The Labute approximate surface area is 173 Å². The monoisotopic (exact) mass is 418 g/mol. The van der Waals surface area contributed by atoms with Gasteiger partial charge in [-0.2, -0.15) is 0 Å². The molecule has 29 heavy (non-hydrogen) atoms. The lowest BCUT2D eigenvalue weighted by Crippen LogP contribution is -2.26. The van der Waals surface area contributed by atoms with Crippen molar-refractivity contribution in [3.05, 3.63) is 39.6 Å². The van der Waals surface area contributed by atoms with Crippen molar-refractivity contribution in [3.63, 3.8) is 0 Å². The Hall–Kier alpha value is -2.39. The fourth-order valence-corrected chi connectivity index (χ4v) is 4.05. The van der Waals surface area contributed by atoms with Crippen LogP contribution in [0.5, 0.6) is 0 Å². The number of rotatable bonds is 6. The Morgan fingerprint density at radius 2 is 2.10 bits per heavy atom. The first kappa shape index (κ1) is 21.3. The summed E-state index contributed by atoms with van der Waals surface area (Å²) in [5, 5.41) is 13.1. The standard InChI is InChI=1S/C20H26N4O4S/c1-20(2,3)19(25)28-10-14-11-29-18(21-14)15-8-13-6-12(9-23(4)5)7-16(24(26)27)17(13)22-15/h6-8,14,22H,9-11H2,1-5H3. The average Bonchev–Trinajstić information content (AvgIpc) is 3.23. The molecule has 1 aliphatic rings. The molecule has 0 spiro atoms. The van der Waals surface area contributed by atoms with Gasteiger partial charge in [0.25, 0.3) is 5.69 Å². The average molecular weight is 419 g/mol. The molecular weight excluding hydrogens is 392 g/mol. The molecule has 3 rings (SSSR count). The second-order valence-electron chi connectivity index (χ2n) is 8.50. The highest BCUT2D eigenvalue weighted by molar-refractivity contribution is 8.14. The van der Waals surface area contributed by atoms with Crippen LogP contribution in [0.2, 0.25) is 0 Å². The van der Waals surface area contributed by atoms with E-state index in [2.05, 4.69) is 9.98 Å². The summed E-state index contributed by atoms with van der Waals surface area (Å²) in [6.45, 7) is 6.30. The van der Waals surface area contributed by atoms with Crippen molar-refractivity contribution in [2.24, 2.45) is 10.4 Å². The third kappa shape index (κ3) is 4.97. The van der Waals surface area contributed by atoms with E-state index in [1.54, 1.807) is 17.8 Å². The number of aromatic nitrogens is 1. The van der Waals surface area contributed by atoms with Gasteiger partial charge in [-0.05, 0) is 52.6 Å². The van der Waals surface area contributed by atoms with Gasteiger partial charge in [0.1, 0.15) is 17.2 Å². The number of H-pyrrole nitrogens is 1. The van der Waals surface area contributed by atoms with Crippen molar-refractivity contribution in [1.29, 1.82) is 0 Å². The first-order valence-corrected chi connectivity index (χ1v) is 10.4. The van der Waals surface area contributed by atoms with Crippen molar-refractivity contribution in [2.75, 3.05) is 26.5 Å². The second kappa shape index (κ2) is 8.16. The molecular formula is C20H26N4O4S. The largest absolute Gasteiger partial charge is 0.463 e. The minimum Gasteiger partial charge on any atom is -0.463 e. The lowest BCUT2D eigenvalue weighted by atomic mass is 9.97. The number of fused-ring (bicyclic) bond motifs is 1. The lowest BCUT2D eigenvalue weighted by Gasteiger charge is -2.17. The number of aliphatic imine (C=N–C) groups is 1. The van der Waals surface area contributed by atoms with Crippen LogP contribution in [0.25, 0.3) is 10.9 Å². The van der Waals surface area contributed by atoms with E-state index in [0.717, 1.165) is 21.7 Å². The number of nitrogens with one attached hydrogen (secondary N) is 1. The van der Waals surface area contributed by atoms with Crippen molar-refractivity contribution < 1.29 is 14.5 Å². The van der Waals surface area contributed by atoms with Crippen LogP contribution >= 0.6 is 11.8 Å². The molecule has 1 unspecified atom stereocenters. The van der Waals surface area contributed by atoms with E-state index in [1.165, 1.54) is 0 Å². The quantitative estimate of drug-likeness (QED) is 0.437. The number of aromatic amines is 1. The maximum Gasteiger partial charge on any atom is 0.311 e. The summed E-state index contributed by atoms with van der Waals surface area (Å²) >= 11 is 1.56. The molecule has 2 aromatic rings. The van der Waals surface area contributed by atoms with Crippen molar-refractivity contribution in [1.82, 2.24) is 9.88 Å². The Morgan fingerprint density at radius 1 is 1.38 bits per heavy atom. The van der Waals surface area contributed by atoms with Gasteiger partial charge in [0, 0.05) is 23.8 Å². The molecule has 0 aliphatic carbocycles. The topological polar surface area (TPSA) is 101 Å². The summed E-state index contributed by atoms with van der Waals surface area (Å²) in [7, 11) is 3.85. The van der Waals surface area contributed by atoms with Crippen LogP contribution in [0.3, 0.4) is 0 Å². The highest BCUT2D eigenvalue weighted by atomic mass is 32.2. The van der Waals surface area contributed by atoms with Gasteiger partial charge in [0.2, 0.25) is 0 Å². The fourth-order valence-electron chi connectivity index (χ4n) is 3.04. The van der Waals surface area contributed by atoms with E-state index in [0.29, 0.717) is 17.8 Å². The van der Waals surface area contributed by atoms with E-state index in [-0.39, 0.29) is 29.2 Å². The minimum atomic E-state index is -0.543. The van der Waals surface area contributed by atoms with Gasteiger partial charge in [0.15, 0.2) is 0 Å². The molecule has 156 valence electrons. The molecule has 0 amide bonds. The van der Waals surface area contributed by atoms with Crippen LogP contribution in [0.4, 0.5) is 5.69 Å². The number of nitro benzene ring substituents is 1. The van der Waals surface area contributed by atoms with Gasteiger partial charge in [-0.25, -0.2) is 0 Å². The maximum absolute atomic E-state index is 11.9. The number of carbonyl (C=O) groups excluding carboxylic acids is 1. The zero-order valence-electron chi connectivity index (χ0n) is 17.3. The normalized spacial score (nSPS) is 17.0. The molecule has 1 aromatic heterocycles. The number of nitro groups is 1. The minimum absolute atomic E-state index is 0.0601. The first-order valence-electron chi connectivity index (χ1n) is 9.37. The van der Waals surface area contributed by atoms with E-state index in [1.807, 2.05) is 51.9 Å². The predicted molar refractivity (Wildman–Crippen MR) is 116 cm³/mol. The van der Waals surface area contributed by atoms with Gasteiger partial charge >= 0.3 is 5.97 Å². The Morgan fingerprint density at radius 3 is 2.72 bits per heavy atom. The van der Waals surface area contributed by atoms with Crippen LogP contribution < -0.4 is 0 Å². The van der Waals surface area contributed by atoms with Crippen LogP contribution in [0, 0.1) is 15.5 Å². The van der Waals surface area contributed by atoms with E-state index in [9.17, 15) is 14.9 Å². The third-order valence-electron chi connectivity index (χ3n) is 4.42. The first-order chi connectivity index (χ1) is 13.5. The van der Waals surface area contributed by atoms with Gasteiger partial charge in [-0.15, -0.1) is 11.8 Å². The second-order valence-corrected chi connectivity index (χ2v) is 9.51. The molecule has 2 heterocycles. The van der Waals surface area contributed by atoms with Gasteiger partial charge in [-0.1, -0.05) is 0 Å². The van der Waals surface area contributed by atoms with Crippen molar-refractivity contribution in [3.8, 4) is 0 Å². The number of hydrogen-bond acceptors (Lipinski definition) is 7. The molecule has 0 saturated heterocycles. The molecule has 1 N–H and O–H groups in total. The van der Waals surface area contributed by atoms with E-state index >= 15 is 0 Å². The number of esters is 1. The Kier molecular flexibility index (Phi) is 6.00. The summed E-state index contributed by atoms with van der Waals surface area (Å²) in [5.74, 6) is 0.455. The van der Waals surface area contributed by atoms with Crippen LogP contribution in [0.1, 0.15) is 32.0 Å². The summed E-state index contributed by atoms with van der Waals surface area (Å²) < 4.78 is 5.37. The molecule has 1 aliphatic heterocycles. The summed E-state index contributed by atoms with van der Waals surface area (Å²) in [4.78, 5) is 32.9. The molecule has 0 fully saturated rings. The van der Waals surface area contributed by atoms with Gasteiger partial charge < -0.3 is 14.6 Å². The Balaban J connectivity index is 1.84. The van der Waals surface area contributed by atoms with Crippen molar-refractivity contribution in [2.45, 2.75) is 33.4 Å². The molecule has 1 atom stereocenters. The number of hydrogen-bond donors (Lipinski definition) is 1. The Bertz CT molecular complexity index is 975. The van der Waals surface area contributed by atoms with Crippen molar-refractivity contribution >= 4 is 39.4 Å². The summed E-state index contributed by atoms with van der Waals surface area (Å²) in [6.07, 6.45) is 0. The fraction of sp³-hybridized carbons (Fsp3) is 0.500. The molecule has 8 nitrogen and oxygen atoms in total. The smallest absolute Gasteiger partial charge is 0.311 e. The van der Waals surface area contributed by atoms with E-state index < -0.39 is 5.41 Å². The third-order valence-corrected chi connectivity index (χ3v) is 5.57. The molecule has 1 aromatic carbocycles. The molecule has 0 saturated carbocycles. The zero-order valence-corrected chi connectivity index (χ0v) is 18.1. The molecule has 0 bridgehead atoms. The number of benzene rings is 1. The zero-order chi connectivity index (χ0) is 21.3. The predicted octanol–water partition coefficient (Wildman–Crippen LogP) is 3.59. The number of non-ortho nitro benzene ring substituents is 1. The van der Waals surface area contributed by atoms with Crippen LogP contribution in [-0.2, 0) is 16.1 Å². The maximum atomic E-state index is 11.9. The SMILES string of the molecule is CN(C)Cc1cc([N+](=O)[O-])c2[nH]c(C3=NC(COC(=O)C(C)(C)C)CS3)cc2c1. The number of thioether (sulfide) groups is 1. The highest BCUT2D eigenvalue weighted by Gasteiger charge is 2.27.